The highest BCUT2D eigenvalue weighted by Crippen LogP contribution is 2.35. The second kappa shape index (κ2) is 3.79. The van der Waals surface area contributed by atoms with Crippen LogP contribution in [0.5, 0.6) is 5.75 Å². The van der Waals surface area contributed by atoms with Crippen molar-refractivity contribution in [3.63, 3.8) is 0 Å². The third kappa shape index (κ3) is 1.46. The summed E-state index contributed by atoms with van der Waals surface area (Å²) < 4.78 is 10.6. The summed E-state index contributed by atoms with van der Waals surface area (Å²) in [6.45, 7) is 0.715. The maximum atomic E-state index is 5.62. The fourth-order valence-electron chi connectivity index (χ4n) is 1.81. The molecule has 0 aliphatic carbocycles. The Morgan fingerprint density at radius 3 is 3.12 bits per heavy atom. The molecule has 0 saturated heterocycles. The van der Waals surface area contributed by atoms with Gasteiger partial charge in [0.15, 0.2) is 0 Å². The van der Waals surface area contributed by atoms with Crippen molar-refractivity contribution in [1.82, 2.24) is 10.1 Å². The number of para-hydroxylation sites is 1. The fourth-order valence-corrected chi connectivity index (χ4v) is 1.92. The summed E-state index contributed by atoms with van der Waals surface area (Å²) >= 11 is 5.62. The largest absolute Gasteiger partial charge is 0.492 e. The molecular weight excluding hydrogens is 228 g/mol. The van der Waals surface area contributed by atoms with Gasteiger partial charge in [0.1, 0.15) is 11.6 Å². The lowest BCUT2D eigenvalue weighted by molar-refractivity contribution is 0.357. The van der Waals surface area contributed by atoms with Crippen molar-refractivity contribution in [3.8, 4) is 17.1 Å². The maximum Gasteiger partial charge on any atom is 0.241 e. The van der Waals surface area contributed by atoms with E-state index in [1.54, 1.807) is 0 Å². The summed E-state index contributed by atoms with van der Waals surface area (Å²) in [4.78, 5) is 4.19. The van der Waals surface area contributed by atoms with E-state index >= 15 is 0 Å². The molecule has 3 rings (SSSR count). The van der Waals surface area contributed by atoms with Gasteiger partial charge in [-0.3, -0.25) is 0 Å². The number of alkyl halides is 1. The predicted octanol–water partition coefficient (Wildman–Crippen LogP) is 2.41. The van der Waals surface area contributed by atoms with Gasteiger partial charge in [-0.2, -0.15) is 4.98 Å². The molecule has 1 aliphatic rings. The van der Waals surface area contributed by atoms with Gasteiger partial charge in [0, 0.05) is 6.42 Å². The molecule has 0 fully saturated rings. The third-order valence-corrected chi connectivity index (χ3v) is 2.77. The van der Waals surface area contributed by atoms with E-state index in [4.69, 9.17) is 20.9 Å². The Morgan fingerprint density at radius 2 is 2.31 bits per heavy atom. The molecule has 0 amide bonds. The Morgan fingerprint density at radius 1 is 1.38 bits per heavy atom. The van der Waals surface area contributed by atoms with Crippen LogP contribution in [-0.2, 0) is 12.3 Å². The highest BCUT2D eigenvalue weighted by atomic mass is 35.5. The van der Waals surface area contributed by atoms with Crippen molar-refractivity contribution in [3.05, 3.63) is 29.7 Å². The van der Waals surface area contributed by atoms with E-state index in [2.05, 4.69) is 10.1 Å². The lowest BCUT2D eigenvalue weighted by Crippen LogP contribution is -1.89. The molecule has 82 valence electrons. The Kier molecular flexibility index (Phi) is 2.29. The zero-order chi connectivity index (χ0) is 11.0. The summed E-state index contributed by atoms with van der Waals surface area (Å²) in [5.74, 6) is 2.05. The van der Waals surface area contributed by atoms with Gasteiger partial charge in [-0.15, -0.1) is 11.6 Å². The SMILES string of the molecule is ClCc1nc(-c2cccc3c2OCC3)no1. The molecule has 4 nitrogen and oxygen atoms in total. The number of halogens is 1. The highest BCUT2D eigenvalue weighted by Gasteiger charge is 2.19. The molecule has 1 aliphatic heterocycles. The van der Waals surface area contributed by atoms with Crippen LogP contribution in [0.25, 0.3) is 11.4 Å². The Bertz CT molecular complexity index is 524. The van der Waals surface area contributed by atoms with Gasteiger partial charge in [-0.25, -0.2) is 0 Å². The molecule has 0 spiro atoms. The number of ether oxygens (including phenoxy) is 1. The molecule has 0 atom stereocenters. The molecule has 0 bridgehead atoms. The molecule has 0 N–H and O–H groups in total. The number of fused-ring (bicyclic) bond motifs is 1. The van der Waals surface area contributed by atoms with Crippen LogP contribution in [-0.4, -0.2) is 16.7 Å². The van der Waals surface area contributed by atoms with Crippen LogP contribution in [0.4, 0.5) is 0 Å². The Balaban J connectivity index is 2.09. The number of benzene rings is 1. The van der Waals surface area contributed by atoms with Crippen molar-refractivity contribution < 1.29 is 9.26 Å². The van der Waals surface area contributed by atoms with Gasteiger partial charge in [0.05, 0.1) is 12.2 Å². The zero-order valence-corrected chi connectivity index (χ0v) is 9.20. The monoisotopic (exact) mass is 236 g/mol. The molecule has 2 aromatic rings. The van der Waals surface area contributed by atoms with Gasteiger partial charge >= 0.3 is 0 Å². The lowest BCUT2D eigenvalue weighted by Gasteiger charge is -2.02. The summed E-state index contributed by atoms with van der Waals surface area (Å²) in [5, 5.41) is 3.88. The Hall–Kier alpha value is -1.55. The van der Waals surface area contributed by atoms with Crippen molar-refractivity contribution in [2.45, 2.75) is 12.3 Å². The van der Waals surface area contributed by atoms with Crippen LogP contribution >= 0.6 is 11.6 Å². The Labute approximate surface area is 97.2 Å². The van der Waals surface area contributed by atoms with Crippen LogP contribution in [0.3, 0.4) is 0 Å². The van der Waals surface area contributed by atoms with Gasteiger partial charge in [-0.05, 0) is 11.6 Å². The minimum Gasteiger partial charge on any atom is -0.492 e. The fraction of sp³-hybridized carbons (Fsp3) is 0.273. The average Bonchev–Trinajstić information content (AvgIpc) is 2.97. The van der Waals surface area contributed by atoms with Gasteiger partial charge in [-0.1, -0.05) is 17.3 Å². The summed E-state index contributed by atoms with van der Waals surface area (Å²) in [6.07, 6.45) is 0.934. The molecule has 5 heteroatoms. The molecule has 0 saturated carbocycles. The number of nitrogens with zero attached hydrogens (tertiary/aromatic N) is 2. The highest BCUT2D eigenvalue weighted by molar-refractivity contribution is 6.16. The number of aromatic nitrogens is 2. The second-order valence-electron chi connectivity index (χ2n) is 3.54. The quantitative estimate of drug-likeness (QED) is 0.752. The van der Waals surface area contributed by atoms with E-state index in [-0.39, 0.29) is 5.88 Å². The normalized spacial score (nSPS) is 13.6. The van der Waals surface area contributed by atoms with Crippen molar-refractivity contribution >= 4 is 11.6 Å². The first-order valence-electron chi connectivity index (χ1n) is 5.02. The molecule has 16 heavy (non-hydrogen) atoms. The first-order chi connectivity index (χ1) is 7.88. The first kappa shape index (κ1) is 9.66. The molecule has 2 heterocycles. The number of rotatable bonds is 2. The minimum absolute atomic E-state index is 0.225. The maximum absolute atomic E-state index is 5.62. The van der Waals surface area contributed by atoms with Crippen LogP contribution in [0, 0.1) is 0 Å². The van der Waals surface area contributed by atoms with Crippen LogP contribution in [0.15, 0.2) is 22.7 Å². The van der Waals surface area contributed by atoms with Crippen molar-refractivity contribution in [2.24, 2.45) is 0 Å². The van der Waals surface area contributed by atoms with E-state index in [1.807, 2.05) is 18.2 Å². The number of hydrogen-bond donors (Lipinski definition) is 0. The molecule has 0 radical (unpaired) electrons. The molecule has 1 aromatic heterocycles. The van der Waals surface area contributed by atoms with E-state index in [0.717, 1.165) is 17.7 Å². The molecule has 0 unspecified atom stereocenters. The summed E-state index contributed by atoms with van der Waals surface area (Å²) in [5.41, 5.74) is 2.06. The van der Waals surface area contributed by atoms with E-state index in [0.29, 0.717) is 18.3 Å². The minimum atomic E-state index is 0.225. The predicted molar refractivity (Wildman–Crippen MR) is 58.5 cm³/mol. The van der Waals surface area contributed by atoms with E-state index in [9.17, 15) is 0 Å². The standard InChI is InChI=1S/C11H9ClN2O2/c12-6-9-13-11(14-16-9)8-3-1-2-7-4-5-15-10(7)8/h1-3H,4-6H2. The summed E-state index contributed by atoms with van der Waals surface area (Å²) in [6, 6.07) is 5.95. The zero-order valence-electron chi connectivity index (χ0n) is 8.44. The van der Waals surface area contributed by atoms with E-state index in [1.165, 1.54) is 5.56 Å². The number of hydrogen-bond acceptors (Lipinski definition) is 4. The topological polar surface area (TPSA) is 48.2 Å². The van der Waals surface area contributed by atoms with Crippen molar-refractivity contribution in [2.75, 3.05) is 6.61 Å². The van der Waals surface area contributed by atoms with Gasteiger partial charge in [0.2, 0.25) is 11.7 Å². The van der Waals surface area contributed by atoms with Gasteiger partial charge < -0.3 is 9.26 Å². The lowest BCUT2D eigenvalue weighted by atomic mass is 10.1. The molecular formula is C11H9ClN2O2. The average molecular weight is 237 g/mol. The van der Waals surface area contributed by atoms with Crippen LogP contribution in [0.2, 0.25) is 0 Å². The smallest absolute Gasteiger partial charge is 0.241 e. The van der Waals surface area contributed by atoms with Crippen LogP contribution < -0.4 is 4.74 Å². The van der Waals surface area contributed by atoms with Crippen molar-refractivity contribution in [1.29, 1.82) is 0 Å². The van der Waals surface area contributed by atoms with E-state index < -0.39 is 0 Å². The first-order valence-corrected chi connectivity index (χ1v) is 5.55. The summed E-state index contributed by atoms with van der Waals surface area (Å²) in [7, 11) is 0. The van der Waals surface area contributed by atoms with Gasteiger partial charge in [0.25, 0.3) is 0 Å². The second-order valence-corrected chi connectivity index (χ2v) is 3.80. The third-order valence-electron chi connectivity index (χ3n) is 2.54. The molecule has 1 aromatic carbocycles. The van der Waals surface area contributed by atoms with Crippen LogP contribution in [0.1, 0.15) is 11.5 Å².